The number of anilines is 1. The molecule has 0 fully saturated rings. The molecule has 0 aliphatic rings. The zero-order valence-corrected chi connectivity index (χ0v) is 13.0. The predicted octanol–water partition coefficient (Wildman–Crippen LogP) is 3.96. The van der Waals surface area contributed by atoms with Gasteiger partial charge >= 0.3 is 0 Å². The lowest BCUT2D eigenvalue weighted by Crippen LogP contribution is -1.99. The molecule has 0 saturated carbocycles. The van der Waals surface area contributed by atoms with E-state index >= 15 is 0 Å². The number of halogens is 1. The van der Waals surface area contributed by atoms with Crippen molar-refractivity contribution in [3.63, 3.8) is 0 Å². The molecular formula is C18H15FN4O. The molecule has 0 spiro atoms. The Bertz CT molecular complexity index is 927. The standard InChI is InChI=1S/C18H15FN4O/c1-2-23-16(13-5-3-4-12(8-13)11-20)10-18(22-23)24-17-7-6-14(19)9-15(17)21/h3-10H,2,21H2,1H3. The maximum absolute atomic E-state index is 13.1. The summed E-state index contributed by atoms with van der Waals surface area (Å²) >= 11 is 0. The molecule has 1 aromatic heterocycles. The van der Waals surface area contributed by atoms with Gasteiger partial charge in [0.25, 0.3) is 0 Å². The van der Waals surface area contributed by atoms with Crippen molar-refractivity contribution >= 4 is 5.69 Å². The predicted molar refractivity (Wildman–Crippen MR) is 88.9 cm³/mol. The summed E-state index contributed by atoms with van der Waals surface area (Å²) in [5, 5.41) is 13.4. The number of nitriles is 1. The lowest BCUT2D eigenvalue weighted by atomic mass is 10.1. The largest absolute Gasteiger partial charge is 0.435 e. The van der Waals surface area contributed by atoms with E-state index in [9.17, 15) is 4.39 Å². The zero-order chi connectivity index (χ0) is 17.1. The minimum Gasteiger partial charge on any atom is -0.435 e. The monoisotopic (exact) mass is 322 g/mol. The molecule has 0 atom stereocenters. The Labute approximate surface area is 138 Å². The summed E-state index contributed by atoms with van der Waals surface area (Å²) in [5.74, 6) is 0.273. The van der Waals surface area contributed by atoms with Gasteiger partial charge in [-0.1, -0.05) is 12.1 Å². The van der Waals surface area contributed by atoms with Crippen molar-refractivity contribution in [3.8, 4) is 29.0 Å². The van der Waals surface area contributed by atoms with Crippen molar-refractivity contribution in [1.29, 1.82) is 5.26 Å². The third-order valence-corrected chi connectivity index (χ3v) is 3.53. The van der Waals surface area contributed by atoms with Gasteiger partial charge < -0.3 is 10.5 Å². The van der Waals surface area contributed by atoms with Crippen LogP contribution in [0.5, 0.6) is 11.6 Å². The average molecular weight is 322 g/mol. The van der Waals surface area contributed by atoms with Crippen LogP contribution in [-0.2, 0) is 6.54 Å². The second kappa shape index (κ2) is 6.42. The number of aromatic nitrogens is 2. The van der Waals surface area contributed by atoms with Crippen molar-refractivity contribution in [2.75, 3.05) is 5.73 Å². The molecule has 0 aliphatic carbocycles. The summed E-state index contributed by atoms with van der Waals surface area (Å²) in [6.07, 6.45) is 0. The molecule has 1 heterocycles. The average Bonchev–Trinajstić information content (AvgIpc) is 3.00. The van der Waals surface area contributed by atoms with E-state index in [1.54, 1.807) is 22.9 Å². The Morgan fingerprint density at radius 3 is 2.79 bits per heavy atom. The highest BCUT2D eigenvalue weighted by Crippen LogP contribution is 2.30. The van der Waals surface area contributed by atoms with Crippen molar-refractivity contribution in [3.05, 3.63) is 59.9 Å². The normalized spacial score (nSPS) is 10.4. The van der Waals surface area contributed by atoms with Crippen LogP contribution in [0.25, 0.3) is 11.3 Å². The molecule has 0 amide bonds. The van der Waals surface area contributed by atoms with Gasteiger partial charge in [-0.2, -0.15) is 5.26 Å². The fraction of sp³-hybridized carbons (Fsp3) is 0.111. The molecule has 6 heteroatoms. The number of aryl methyl sites for hydroxylation is 1. The Morgan fingerprint density at radius 1 is 1.25 bits per heavy atom. The SMILES string of the molecule is CCn1nc(Oc2ccc(F)cc2N)cc1-c1cccc(C#N)c1. The van der Waals surface area contributed by atoms with Gasteiger partial charge in [0, 0.05) is 24.2 Å². The van der Waals surface area contributed by atoms with Crippen LogP contribution in [0.1, 0.15) is 12.5 Å². The van der Waals surface area contributed by atoms with Gasteiger partial charge in [-0.05, 0) is 31.2 Å². The van der Waals surface area contributed by atoms with E-state index in [4.69, 9.17) is 15.7 Å². The fourth-order valence-corrected chi connectivity index (χ4v) is 2.39. The van der Waals surface area contributed by atoms with E-state index in [0.717, 1.165) is 11.3 Å². The topological polar surface area (TPSA) is 76.9 Å². The molecule has 3 aromatic rings. The van der Waals surface area contributed by atoms with Crippen LogP contribution in [0.3, 0.4) is 0 Å². The molecule has 5 nitrogen and oxygen atoms in total. The molecule has 0 aliphatic heterocycles. The molecule has 0 unspecified atom stereocenters. The number of hydrogen-bond donors (Lipinski definition) is 1. The van der Waals surface area contributed by atoms with Crippen LogP contribution in [0, 0.1) is 17.1 Å². The Balaban J connectivity index is 1.97. The highest BCUT2D eigenvalue weighted by molar-refractivity contribution is 5.63. The molecular weight excluding hydrogens is 307 g/mol. The molecule has 3 rings (SSSR count). The fourth-order valence-electron chi connectivity index (χ4n) is 2.39. The molecule has 0 radical (unpaired) electrons. The van der Waals surface area contributed by atoms with Crippen LogP contribution >= 0.6 is 0 Å². The van der Waals surface area contributed by atoms with Gasteiger partial charge in [0.15, 0.2) is 5.75 Å². The quantitative estimate of drug-likeness (QED) is 0.738. The third kappa shape index (κ3) is 3.06. The minimum atomic E-state index is -0.423. The van der Waals surface area contributed by atoms with E-state index in [-0.39, 0.29) is 5.69 Å². The first-order chi connectivity index (χ1) is 11.6. The van der Waals surface area contributed by atoms with Gasteiger partial charge in [-0.3, -0.25) is 4.68 Å². The van der Waals surface area contributed by atoms with Crippen LogP contribution < -0.4 is 10.5 Å². The Kier molecular flexibility index (Phi) is 4.17. The van der Waals surface area contributed by atoms with Crippen molar-refractivity contribution in [2.45, 2.75) is 13.5 Å². The summed E-state index contributed by atoms with van der Waals surface area (Å²) in [7, 11) is 0. The molecule has 0 saturated heterocycles. The van der Waals surface area contributed by atoms with Crippen molar-refractivity contribution in [1.82, 2.24) is 9.78 Å². The number of nitrogens with zero attached hydrogens (tertiary/aromatic N) is 3. The van der Waals surface area contributed by atoms with E-state index in [1.807, 2.05) is 19.1 Å². The van der Waals surface area contributed by atoms with Crippen LogP contribution in [-0.4, -0.2) is 9.78 Å². The summed E-state index contributed by atoms with van der Waals surface area (Å²) in [6, 6.07) is 15.1. The zero-order valence-electron chi connectivity index (χ0n) is 13.0. The molecule has 24 heavy (non-hydrogen) atoms. The number of rotatable bonds is 4. The first kappa shape index (κ1) is 15.6. The van der Waals surface area contributed by atoms with Gasteiger partial charge in [0.05, 0.1) is 23.0 Å². The number of benzene rings is 2. The summed E-state index contributed by atoms with van der Waals surface area (Å²) < 4.78 is 20.6. The lowest BCUT2D eigenvalue weighted by Gasteiger charge is -2.05. The molecule has 2 N–H and O–H groups in total. The molecule has 0 bridgehead atoms. The Morgan fingerprint density at radius 2 is 2.08 bits per heavy atom. The third-order valence-electron chi connectivity index (χ3n) is 3.53. The maximum Gasteiger partial charge on any atom is 0.238 e. The lowest BCUT2D eigenvalue weighted by molar-refractivity contribution is 0.450. The minimum absolute atomic E-state index is 0.203. The van der Waals surface area contributed by atoms with E-state index in [0.29, 0.717) is 23.7 Å². The van der Waals surface area contributed by atoms with E-state index < -0.39 is 5.82 Å². The van der Waals surface area contributed by atoms with Crippen LogP contribution in [0.4, 0.5) is 10.1 Å². The van der Waals surface area contributed by atoms with Gasteiger partial charge in [-0.15, -0.1) is 5.10 Å². The van der Waals surface area contributed by atoms with Gasteiger partial charge in [0.1, 0.15) is 5.82 Å². The van der Waals surface area contributed by atoms with E-state index in [2.05, 4.69) is 11.2 Å². The highest BCUT2D eigenvalue weighted by Gasteiger charge is 2.12. The molecule has 120 valence electrons. The van der Waals surface area contributed by atoms with Gasteiger partial charge in [0.2, 0.25) is 5.88 Å². The molecule has 2 aromatic carbocycles. The highest BCUT2D eigenvalue weighted by atomic mass is 19.1. The summed E-state index contributed by atoms with van der Waals surface area (Å²) in [5.41, 5.74) is 8.22. The number of nitrogens with two attached hydrogens (primary N) is 1. The van der Waals surface area contributed by atoms with Crippen molar-refractivity contribution in [2.24, 2.45) is 0 Å². The summed E-state index contributed by atoms with van der Waals surface area (Å²) in [4.78, 5) is 0. The van der Waals surface area contributed by atoms with Crippen molar-refractivity contribution < 1.29 is 9.13 Å². The van der Waals surface area contributed by atoms with Crippen LogP contribution in [0.2, 0.25) is 0 Å². The second-order valence-corrected chi connectivity index (χ2v) is 5.16. The second-order valence-electron chi connectivity index (χ2n) is 5.16. The number of hydrogen-bond acceptors (Lipinski definition) is 4. The number of ether oxygens (including phenoxy) is 1. The van der Waals surface area contributed by atoms with Gasteiger partial charge in [-0.25, -0.2) is 4.39 Å². The van der Waals surface area contributed by atoms with E-state index in [1.165, 1.54) is 18.2 Å². The Hall–Kier alpha value is -3.33. The first-order valence-electron chi connectivity index (χ1n) is 7.42. The maximum atomic E-state index is 13.1. The smallest absolute Gasteiger partial charge is 0.238 e. The van der Waals surface area contributed by atoms with Crippen LogP contribution in [0.15, 0.2) is 48.5 Å². The number of nitrogen functional groups attached to an aromatic ring is 1. The first-order valence-corrected chi connectivity index (χ1v) is 7.42. The summed E-state index contributed by atoms with van der Waals surface area (Å²) in [6.45, 7) is 2.59.